The van der Waals surface area contributed by atoms with Crippen LogP contribution in [0.4, 0.5) is 0 Å². The van der Waals surface area contributed by atoms with Crippen molar-refractivity contribution >= 4 is 21.4 Å². The highest BCUT2D eigenvalue weighted by molar-refractivity contribution is 7.88. The minimum atomic E-state index is -3.22. The quantitative estimate of drug-likeness (QED) is 0.829. The summed E-state index contributed by atoms with van der Waals surface area (Å²) < 4.78 is 25.2. The standard InChI is InChI=1S/C18H24N4O3S2/c1-27(24,25)22-7-2-4-13(10-22)17-19-16-6-8-21(11-14-5-3-9-26-14)12-15(16)18(23)20-17/h3,5,9,13H,2,4,6-8,10-12H2,1H3,(H,19,20,23)/t13-/m1/s1. The molecule has 1 saturated heterocycles. The first-order chi connectivity index (χ1) is 12.9. The number of piperidine rings is 1. The smallest absolute Gasteiger partial charge is 0.255 e. The van der Waals surface area contributed by atoms with E-state index in [4.69, 9.17) is 4.98 Å². The van der Waals surface area contributed by atoms with Gasteiger partial charge in [0.25, 0.3) is 5.56 Å². The lowest BCUT2D eigenvalue weighted by molar-refractivity contribution is 0.242. The Balaban J connectivity index is 1.53. The number of aromatic amines is 1. The Hall–Kier alpha value is -1.55. The van der Waals surface area contributed by atoms with Crippen LogP contribution in [0.15, 0.2) is 22.3 Å². The first-order valence-electron chi connectivity index (χ1n) is 9.22. The summed E-state index contributed by atoms with van der Waals surface area (Å²) >= 11 is 1.73. The van der Waals surface area contributed by atoms with Crippen molar-refractivity contribution in [3.63, 3.8) is 0 Å². The summed E-state index contributed by atoms with van der Waals surface area (Å²) in [7, 11) is -3.22. The first-order valence-corrected chi connectivity index (χ1v) is 11.9. The summed E-state index contributed by atoms with van der Waals surface area (Å²) in [6.07, 6.45) is 3.62. The van der Waals surface area contributed by atoms with Crippen molar-refractivity contribution in [2.75, 3.05) is 25.9 Å². The lowest BCUT2D eigenvalue weighted by atomic mass is 9.98. The van der Waals surface area contributed by atoms with Gasteiger partial charge in [0.15, 0.2) is 0 Å². The molecule has 27 heavy (non-hydrogen) atoms. The maximum atomic E-state index is 12.7. The fourth-order valence-electron chi connectivity index (χ4n) is 3.92. The van der Waals surface area contributed by atoms with Gasteiger partial charge in [0.05, 0.1) is 17.5 Å². The van der Waals surface area contributed by atoms with Crippen LogP contribution in [0, 0.1) is 0 Å². The Morgan fingerprint density at radius 3 is 2.96 bits per heavy atom. The molecule has 146 valence electrons. The Bertz CT molecular complexity index is 969. The van der Waals surface area contributed by atoms with Gasteiger partial charge in [-0.05, 0) is 24.3 Å². The molecule has 2 aromatic heterocycles. The number of thiophene rings is 1. The molecule has 0 radical (unpaired) electrons. The molecular formula is C18H24N4O3S2. The predicted molar refractivity (Wildman–Crippen MR) is 105 cm³/mol. The highest BCUT2D eigenvalue weighted by atomic mass is 32.2. The molecular weight excluding hydrogens is 384 g/mol. The molecule has 0 spiro atoms. The van der Waals surface area contributed by atoms with Crippen molar-refractivity contribution < 1.29 is 8.42 Å². The van der Waals surface area contributed by atoms with Crippen molar-refractivity contribution in [3.8, 4) is 0 Å². The van der Waals surface area contributed by atoms with E-state index < -0.39 is 10.0 Å². The van der Waals surface area contributed by atoms with Crippen LogP contribution >= 0.6 is 11.3 Å². The predicted octanol–water partition coefficient (Wildman–Crippen LogP) is 1.53. The van der Waals surface area contributed by atoms with Crippen LogP contribution in [-0.2, 0) is 29.5 Å². The summed E-state index contributed by atoms with van der Waals surface area (Å²) in [5.74, 6) is 0.592. The van der Waals surface area contributed by atoms with Gasteiger partial charge in [-0.3, -0.25) is 9.69 Å². The fraction of sp³-hybridized carbons (Fsp3) is 0.556. The van der Waals surface area contributed by atoms with Crippen LogP contribution in [0.1, 0.15) is 40.7 Å². The van der Waals surface area contributed by atoms with E-state index in [0.29, 0.717) is 25.5 Å². The van der Waals surface area contributed by atoms with Gasteiger partial charge in [-0.1, -0.05) is 6.07 Å². The molecule has 0 aliphatic carbocycles. The number of hydrogen-bond acceptors (Lipinski definition) is 6. The zero-order chi connectivity index (χ0) is 19.0. The lowest BCUT2D eigenvalue weighted by Gasteiger charge is -2.31. The summed E-state index contributed by atoms with van der Waals surface area (Å²) in [6.45, 7) is 3.27. The van der Waals surface area contributed by atoms with Crippen molar-refractivity contribution in [1.29, 1.82) is 0 Å². The third-order valence-electron chi connectivity index (χ3n) is 5.37. The van der Waals surface area contributed by atoms with Crippen LogP contribution in [-0.4, -0.2) is 53.5 Å². The number of nitrogens with one attached hydrogen (secondary N) is 1. The molecule has 2 aliphatic heterocycles. The maximum absolute atomic E-state index is 12.7. The third kappa shape index (κ3) is 4.16. The molecule has 0 saturated carbocycles. The molecule has 1 N–H and O–H groups in total. The molecule has 2 aliphatic rings. The van der Waals surface area contributed by atoms with Crippen molar-refractivity contribution in [3.05, 3.63) is 49.8 Å². The summed E-state index contributed by atoms with van der Waals surface area (Å²) in [5.41, 5.74) is 1.53. The van der Waals surface area contributed by atoms with E-state index >= 15 is 0 Å². The molecule has 2 aromatic rings. The zero-order valence-electron chi connectivity index (χ0n) is 15.3. The SMILES string of the molecule is CS(=O)(=O)N1CCC[C@@H](c2nc3c(c(=O)[nH]2)CN(Cc2cccs2)CC3)C1. The van der Waals surface area contributed by atoms with Gasteiger partial charge in [-0.2, -0.15) is 0 Å². The molecule has 1 fully saturated rings. The normalized spacial score (nSPS) is 21.9. The van der Waals surface area contributed by atoms with Crippen molar-refractivity contribution in [1.82, 2.24) is 19.2 Å². The van der Waals surface area contributed by atoms with E-state index in [0.717, 1.165) is 43.6 Å². The number of sulfonamides is 1. The molecule has 0 bridgehead atoms. The van der Waals surface area contributed by atoms with E-state index in [-0.39, 0.29) is 11.5 Å². The number of aromatic nitrogens is 2. The van der Waals surface area contributed by atoms with Crippen LogP contribution in [0.5, 0.6) is 0 Å². The Labute approximate surface area is 163 Å². The lowest BCUT2D eigenvalue weighted by Crippen LogP contribution is -2.40. The van der Waals surface area contributed by atoms with E-state index in [1.54, 1.807) is 11.3 Å². The van der Waals surface area contributed by atoms with Gasteiger partial charge in [0, 0.05) is 49.9 Å². The molecule has 1 atom stereocenters. The van der Waals surface area contributed by atoms with Crippen molar-refractivity contribution in [2.24, 2.45) is 0 Å². The van der Waals surface area contributed by atoms with Crippen molar-refractivity contribution in [2.45, 2.75) is 38.3 Å². The highest BCUT2D eigenvalue weighted by Crippen LogP contribution is 2.27. The molecule has 7 nitrogen and oxygen atoms in total. The molecule has 0 unspecified atom stereocenters. The number of rotatable bonds is 4. The molecule has 9 heteroatoms. The summed E-state index contributed by atoms with van der Waals surface area (Å²) in [4.78, 5) is 24.0. The largest absolute Gasteiger partial charge is 0.310 e. The van der Waals surface area contributed by atoms with Crippen LogP contribution in [0.25, 0.3) is 0 Å². The number of hydrogen-bond donors (Lipinski definition) is 1. The number of nitrogens with zero attached hydrogens (tertiary/aromatic N) is 3. The van der Waals surface area contributed by atoms with Gasteiger partial charge in [0.1, 0.15) is 5.82 Å². The van der Waals surface area contributed by atoms with Gasteiger partial charge in [0.2, 0.25) is 10.0 Å². The number of H-pyrrole nitrogens is 1. The highest BCUT2D eigenvalue weighted by Gasteiger charge is 2.30. The average molecular weight is 409 g/mol. The number of fused-ring (bicyclic) bond motifs is 1. The molecule has 4 heterocycles. The van der Waals surface area contributed by atoms with Gasteiger partial charge in [-0.25, -0.2) is 17.7 Å². The average Bonchev–Trinajstić information content (AvgIpc) is 3.14. The van der Waals surface area contributed by atoms with Gasteiger partial charge >= 0.3 is 0 Å². The third-order valence-corrected chi connectivity index (χ3v) is 7.50. The molecule has 0 amide bonds. The fourth-order valence-corrected chi connectivity index (χ4v) is 5.58. The second-order valence-electron chi connectivity index (χ2n) is 7.38. The maximum Gasteiger partial charge on any atom is 0.255 e. The van der Waals surface area contributed by atoms with E-state index in [1.165, 1.54) is 15.4 Å². The second kappa shape index (κ2) is 7.46. The van der Waals surface area contributed by atoms with E-state index in [9.17, 15) is 13.2 Å². The molecule has 0 aromatic carbocycles. The molecule has 4 rings (SSSR count). The Kier molecular flexibility index (Phi) is 5.19. The summed E-state index contributed by atoms with van der Waals surface area (Å²) in [5, 5.41) is 2.07. The van der Waals surface area contributed by atoms with Crippen LogP contribution in [0.3, 0.4) is 0 Å². The Morgan fingerprint density at radius 1 is 1.37 bits per heavy atom. The first kappa shape index (κ1) is 18.8. The monoisotopic (exact) mass is 408 g/mol. The van der Waals surface area contributed by atoms with E-state index in [1.807, 2.05) is 6.07 Å². The minimum absolute atomic E-state index is 0.0457. The van der Waals surface area contributed by atoms with Gasteiger partial charge in [-0.15, -0.1) is 11.3 Å². The second-order valence-corrected chi connectivity index (χ2v) is 10.4. The van der Waals surface area contributed by atoms with Crippen LogP contribution in [0.2, 0.25) is 0 Å². The Morgan fingerprint density at radius 2 is 2.22 bits per heavy atom. The zero-order valence-corrected chi connectivity index (χ0v) is 17.0. The van der Waals surface area contributed by atoms with Gasteiger partial charge < -0.3 is 4.98 Å². The summed E-state index contributed by atoms with van der Waals surface area (Å²) in [6, 6.07) is 4.16. The van der Waals surface area contributed by atoms with Crippen LogP contribution < -0.4 is 5.56 Å². The van der Waals surface area contributed by atoms with E-state index in [2.05, 4.69) is 21.3 Å². The topological polar surface area (TPSA) is 86.4 Å². The minimum Gasteiger partial charge on any atom is -0.310 e.